The van der Waals surface area contributed by atoms with E-state index < -0.39 is 4.92 Å². The smallest absolute Gasteiger partial charge is 0.269 e. The van der Waals surface area contributed by atoms with Gasteiger partial charge in [0.25, 0.3) is 11.6 Å². The Labute approximate surface area is 135 Å². The highest BCUT2D eigenvalue weighted by Crippen LogP contribution is 2.26. The van der Waals surface area contributed by atoms with Gasteiger partial charge in [-0.1, -0.05) is 0 Å². The van der Waals surface area contributed by atoms with Gasteiger partial charge in [0.1, 0.15) is 5.75 Å². The lowest BCUT2D eigenvalue weighted by molar-refractivity contribution is -0.384. The average molecular weight is 365 g/mol. The fourth-order valence-electron chi connectivity index (χ4n) is 1.90. The van der Waals surface area contributed by atoms with E-state index >= 15 is 0 Å². The molecule has 0 radical (unpaired) electrons. The quantitative estimate of drug-likeness (QED) is 0.658. The fraction of sp³-hybridized carbons (Fsp3) is 0.133. The number of aryl methyl sites for hydroxylation is 1. The molecule has 6 nitrogen and oxygen atoms in total. The second-order valence-electron chi connectivity index (χ2n) is 4.56. The van der Waals surface area contributed by atoms with Crippen LogP contribution in [0.3, 0.4) is 0 Å². The van der Waals surface area contributed by atoms with Gasteiger partial charge in [0.15, 0.2) is 0 Å². The number of carbonyl (C=O) groups is 1. The molecule has 114 valence electrons. The van der Waals surface area contributed by atoms with Crippen molar-refractivity contribution < 1.29 is 14.5 Å². The number of methoxy groups -OCH3 is 1. The van der Waals surface area contributed by atoms with E-state index in [9.17, 15) is 14.9 Å². The van der Waals surface area contributed by atoms with E-state index in [4.69, 9.17) is 4.74 Å². The Balaban J connectivity index is 2.22. The maximum atomic E-state index is 12.2. The first-order valence-corrected chi connectivity index (χ1v) is 7.11. The van der Waals surface area contributed by atoms with Crippen molar-refractivity contribution in [1.29, 1.82) is 0 Å². The first-order chi connectivity index (χ1) is 10.4. The first-order valence-electron chi connectivity index (χ1n) is 6.32. The van der Waals surface area contributed by atoms with E-state index in [1.165, 1.54) is 18.2 Å². The van der Waals surface area contributed by atoms with Crippen molar-refractivity contribution in [3.05, 3.63) is 62.1 Å². The van der Waals surface area contributed by atoms with Crippen LogP contribution >= 0.6 is 15.9 Å². The second kappa shape index (κ2) is 6.57. The van der Waals surface area contributed by atoms with Gasteiger partial charge in [-0.05, 0) is 52.7 Å². The minimum Gasteiger partial charge on any atom is -0.496 e. The number of anilines is 1. The van der Waals surface area contributed by atoms with Crippen LogP contribution in [0.4, 0.5) is 11.4 Å². The van der Waals surface area contributed by atoms with Crippen molar-refractivity contribution in [3.63, 3.8) is 0 Å². The molecule has 0 unspecified atom stereocenters. The van der Waals surface area contributed by atoms with Crippen molar-refractivity contribution in [2.45, 2.75) is 6.92 Å². The van der Waals surface area contributed by atoms with Gasteiger partial charge < -0.3 is 10.1 Å². The zero-order chi connectivity index (χ0) is 16.3. The van der Waals surface area contributed by atoms with E-state index in [0.29, 0.717) is 27.0 Å². The highest BCUT2D eigenvalue weighted by atomic mass is 79.9. The van der Waals surface area contributed by atoms with Gasteiger partial charge in [-0.2, -0.15) is 0 Å². The van der Waals surface area contributed by atoms with Crippen LogP contribution in [-0.2, 0) is 0 Å². The molecule has 0 fully saturated rings. The zero-order valence-corrected chi connectivity index (χ0v) is 13.5. The molecular weight excluding hydrogens is 352 g/mol. The summed E-state index contributed by atoms with van der Waals surface area (Å²) in [5.41, 5.74) is 1.59. The molecule has 0 saturated heterocycles. The molecule has 22 heavy (non-hydrogen) atoms. The predicted molar refractivity (Wildman–Crippen MR) is 86.5 cm³/mol. The molecule has 0 heterocycles. The van der Waals surface area contributed by atoms with E-state index in [1.807, 2.05) is 0 Å². The molecule has 0 bridgehead atoms. The van der Waals surface area contributed by atoms with Crippen LogP contribution in [0.5, 0.6) is 5.75 Å². The van der Waals surface area contributed by atoms with Crippen LogP contribution in [0.15, 0.2) is 40.9 Å². The van der Waals surface area contributed by atoms with Crippen molar-refractivity contribution in [3.8, 4) is 5.75 Å². The monoisotopic (exact) mass is 364 g/mol. The summed E-state index contributed by atoms with van der Waals surface area (Å²) in [4.78, 5) is 22.5. The molecule has 0 aliphatic rings. The number of nitro benzene ring substituents is 1. The van der Waals surface area contributed by atoms with Crippen LogP contribution in [0, 0.1) is 17.0 Å². The molecule has 0 saturated carbocycles. The largest absolute Gasteiger partial charge is 0.496 e. The number of nitro groups is 1. The van der Waals surface area contributed by atoms with Gasteiger partial charge >= 0.3 is 0 Å². The Morgan fingerprint density at radius 1 is 1.27 bits per heavy atom. The summed E-state index contributed by atoms with van der Waals surface area (Å²) in [5.74, 6) is 0.323. The number of benzene rings is 2. The summed E-state index contributed by atoms with van der Waals surface area (Å²) in [6, 6.07) is 9.26. The molecule has 2 rings (SSSR count). The summed E-state index contributed by atoms with van der Waals surface area (Å²) in [6.45, 7) is 1.70. The maximum Gasteiger partial charge on any atom is 0.269 e. The van der Waals surface area contributed by atoms with Crippen LogP contribution in [0.2, 0.25) is 0 Å². The van der Waals surface area contributed by atoms with Crippen molar-refractivity contribution in [2.24, 2.45) is 0 Å². The lowest BCUT2D eigenvalue weighted by atomic mass is 10.1. The van der Waals surface area contributed by atoms with E-state index in [-0.39, 0.29) is 11.6 Å². The number of hydrogen-bond acceptors (Lipinski definition) is 4. The SMILES string of the molecule is COc1ccc(C(=O)Nc2ccc([N+](=O)[O-])cc2C)cc1Br. The average Bonchev–Trinajstić information content (AvgIpc) is 2.48. The summed E-state index contributed by atoms with van der Waals surface area (Å²) in [5, 5.41) is 13.4. The van der Waals surface area contributed by atoms with Crippen molar-refractivity contribution in [1.82, 2.24) is 0 Å². The number of hydrogen-bond donors (Lipinski definition) is 1. The number of ether oxygens (including phenoxy) is 1. The Kier molecular flexibility index (Phi) is 4.77. The van der Waals surface area contributed by atoms with E-state index in [1.54, 1.807) is 32.2 Å². The molecule has 1 N–H and O–H groups in total. The van der Waals surface area contributed by atoms with Crippen molar-refractivity contribution >= 4 is 33.2 Å². The number of amides is 1. The van der Waals surface area contributed by atoms with Crippen LogP contribution in [0.1, 0.15) is 15.9 Å². The Morgan fingerprint density at radius 2 is 2.00 bits per heavy atom. The van der Waals surface area contributed by atoms with E-state index in [0.717, 1.165) is 0 Å². The summed E-state index contributed by atoms with van der Waals surface area (Å²) in [7, 11) is 1.54. The standard InChI is InChI=1S/C15H13BrN2O4/c1-9-7-11(18(20)21)4-5-13(9)17-15(19)10-3-6-14(22-2)12(16)8-10/h3-8H,1-2H3,(H,17,19). The third-order valence-electron chi connectivity index (χ3n) is 3.08. The summed E-state index contributed by atoms with van der Waals surface area (Å²) >= 11 is 3.32. The molecule has 0 aliphatic heterocycles. The van der Waals surface area contributed by atoms with Crippen LogP contribution in [-0.4, -0.2) is 17.9 Å². The predicted octanol–water partition coefficient (Wildman–Crippen LogP) is 3.93. The van der Waals surface area contributed by atoms with Gasteiger partial charge in [-0.15, -0.1) is 0 Å². The molecule has 0 atom stereocenters. The highest BCUT2D eigenvalue weighted by Gasteiger charge is 2.12. The number of carbonyl (C=O) groups excluding carboxylic acids is 1. The third-order valence-corrected chi connectivity index (χ3v) is 3.70. The van der Waals surface area contributed by atoms with E-state index in [2.05, 4.69) is 21.2 Å². The molecule has 1 amide bonds. The molecule has 2 aromatic carbocycles. The van der Waals surface area contributed by atoms with Crippen LogP contribution in [0.25, 0.3) is 0 Å². The molecule has 2 aromatic rings. The molecule has 0 aliphatic carbocycles. The Bertz CT molecular complexity index is 746. The molecule has 0 aromatic heterocycles. The number of halogens is 1. The van der Waals surface area contributed by atoms with Gasteiger partial charge in [0.05, 0.1) is 16.5 Å². The first kappa shape index (κ1) is 16.0. The minimum atomic E-state index is -0.473. The number of rotatable bonds is 4. The second-order valence-corrected chi connectivity index (χ2v) is 5.41. The van der Waals surface area contributed by atoms with Gasteiger partial charge in [0.2, 0.25) is 0 Å². The Hall–Kier alpha value is -2.41. The maximum absolute atomic E-state index is 12.2. The number of nitrogens with one attached hydrogen (secondary N) is 1. The Morgan fingerprint density at radius 3 is 2.55 bits per heavy atom. The lowest BCUT2D eigenvalue weighted by Crippen LogP contribution is -2.13. The molecule has 0 spiro atoms. The topological polar surface area (TPSA) is 81.5 Å². The zero-order valence-electron chi connectivity index (χ0n) is 11.9. The molecule has 7 heteroatoms. The van der Waals surface area contributed by atoms with Gasteiger partial charge in [-0.25, -0.2) is 0 Å². The van der Waals surface area contributed by atoms with Gasteiger partial charge in [0, 0.05) is 23.4 Å². The minimum absolute atomic E-state index is 0.0114. The third kappa shape index (κ3) is 3.43. The van der Waals surface area contributed by atoms with Crippen molar-refractivity contribution in [2.75, 3.05) is 12.4 Å². The summed E-state index contributed by atoms with van der Waals surface area (Å²) in [6.07, 6.45) is 0. The lowest BCUT2D eigenvalue weighted by Gasteiger charge is -2.09. The number of nitrogens with zero attached hydrogens (tertiary/aromatic N) is 1. The number of non-ortho nitro benzene ring substituents is 1. The van der Waals surface area contributed by atoms with Crippen LogP contribution < -0.4 is 10.1 Å². The molecular formula is C15H13BrN2O4. The normalized spacial score (nSPS) is 10.1. The fourth-order valence-corrected chi connectivity index (χ4v) is 2.44. The highest BCUT2D eigenvalue weighted by molar-refractivity contribution is 9.10. The van der Waals surface area contributed by atoms with Gasteiger partial charge in [-0.3, -0.25) is 14.9 Å². The summed E-state index contributed by atoms with van der Waals surface area (Å²) < 4.78 is 5.78.